The van der Waals surface area contributed by atoms with E-state index in [1.165, 1.54) is 38.6 Å². The highest BCUT2D eigenvalue weighted by Crippen LogP contribution is 2.48. The normalized spacial score (nSPS) is 23.1. The number of nitrogens with one attached hydrogen (secondary N) is 1. The van der Waals surface area contributed by atoms with Gasteiger partial charge in [0.15, 0.2) is 0 Å². The molecule has 0 aromatic rings. The van der Waals surface area contributed by atoms with Gasteiger partial charge in [-0.1, -0.05) is 20.8 Å². The highest BCUT2D eigenvalue weighted by Gasteiger charge is 2.41. The third-order valence-electron chi connectivity index (χ3n) is 4.24. The Hall–Kier alpha value is -0.0800. The molecule has 2 saturated carbocycles. The van der Waals surface area contributed by atoms with Crippen LogP contribution in [0.4, 0.5) is 0 Å². The van der Waals surface area contributed by atoms with Crippen molar-refractivity contribution in [1.82, 2.24) is 5.32 Å². The molecule has 100 valence electrons. The number of hydrogen-bond acceptors (Lipinski definition) is 2. The van der Waals surface area contributed by atoms with Crippen LogP contribution in [0.25, 0.3) is 0 Å². The first-order chi connectivity index (χ1) is 7.99. The fraction of sp³-hybridized carbons (Fsp3) is 1.00. The highest BCUT2D eigenvalue weighted by molar-refractivity contribution is 4.93. The predicted molar refractivity (Wildman–Crippen MR) is 73.9 cm³/mol. The van der Waals surface area contributed by atoms with Crippen LogP contribution >= 0.6 is 0 Å². The molecule has 3 N–H and O–H groups in total. The summed E-state index contributed by atoms with van der Waals surface area (Å²) in [5, 5.41) is 3.74. The summed E-state index contributed by atoms with van der Waals surface area (Å²) < 4.78 is 0. The molecule has 0 spiro atoms. The fourth-order valence-corrected chi connectivity index (χ4v) is 3.05. The summed E-state index contributed by atoms with van der Waals surface area (Å²) >= 11 is 0. The summed E-state index contributed by atoms with van der Waals surface area (Å²) in [5.74, 6) is 3.05. The van der Waals surface area contributed by atoms with E-state index in [1.54, 1.807) is 0 Å². The molecule has 2 aliphatic carbocycles. The molecule has 0 bridgehead atoms. The minimum absolute atomic E-state index is 0.381. The van der Waals surface area contributed by atoms with Gasteiger partial charge in [0, 0.05) is 12.6 Å². The van der Waals surface area contributed by atoms with Crippen molar-refractivity contribution in [1.29, 1.82) is 0 Å². The van der Waals surface area contributed by atoms with Gasteiger partial charge in [-0.05, 0) is 61.8 Å². The zero-order valence-electron chi connectivity index (χ0n) is 11.8. The summed E-state index contributed by atoms with van der Waals surface area (Å²) in [7, 11) is 0. The highest BCUT2D eigenvalue weighted by atomic mass is 14.9. The Morgan fingerprint density at radius 1 is 1.12 bits per heavy atom. The topological polar surface area (TPSA) is 38.0 Å². The summed E-state index contributed by atoms with van der Waals surface area (Å²) in [5.41, 5.74) is 6.27. The molecular weight excluding hydrogens is 208 g/mol. The van der Waals surface area contributed by atoms with Gasteiger partial charge in [-0.2, -0.15) is 0 Å². The van der Waals surface area contributed by atoms with Gasteiger partial charge in [-0.15, -0.1) is 0 Å². The van der Waals surface area contributed by atoms with Gasteiger partial charge < -0.3 is 11.1 Å². The lowest BCUT2D eigenvalue weighted by Crippen LogP contribution is -2.42. The Morgan fingerprint density at radius 2 is 1.65 bits per heavy atom. The van der Waals surface area contributed by atoms with Crippen molar-refractivity contribution in [2.45, 2.75) is 58.9 Å². The number of hydrogen-bond donors (Lipinski definition) is 2. The Kier molecular flexibility index (Phi) is 4.14. The molecule has 0 heterocycles. The van der Waals surface area contributed by atoms with Crippen molar-refractivity contribution in [3.8, 4) is 0 Å². The first-order valence-electron chi connectivity index (χ1n) is 7.43. The molecule has 2 fully saturated rings. The molecule has 2 aliphatic rings. The smallest absolute Gasteiger partial charge is 0.0195 e. The molecule has 1 unspecified atom stereocenters. The summed E-state index contributed by atoms with van der Waals surface area (Å²) in [6.45, 7) is 8.90. The molecule has 2 rings (SSSR count). The molecule has 2 nitrogen and oxygen atoms in total. The van der Waals surface area contributed by atoms with Crippen LogP contribution in [-0.2, 0) is 0 Å². The summed E-state index contributed by atoms with van der Waals surface area (Å²) in [6, 6.07) is 0.509. The van der Waals surface area contributed by atoms with Crippen LogP contribution in [0.1, 0.15) is 52.9 Å². The van der Waals surface area contributed by atoms with E-state index in [2.05, 4.69) is 26.1 Å². The average molecular weight is 238 g/mol. The van der Waals surface area contributed by atoms with Gasteiger partial charge in [0.2, 0.25) is 0 Å². The molecule has 2 heteroatoms. The van der Waals surface area contributed by atoms with Crippen LogP contribution in [0.3, 0.4) is 0 Å². The van der Waals surface area contributed by atoms with E-state index >= 15 is 0 Å². The Labute approximate surface area is 107 Å². The van der Waals surface area contributed by atoms with Crippen molar-refractivity contribution in [3.63, 3.8) is 0 Å². The lowest BCUT2D eigenvalue weighted by Gasteiger charge is -2.28. The number of nitrogens with two attached hydrogens (primary N) is 1. The number of rotatable bonds is 7. The molecule has 17 heavy (non-hydrogen) atoms. The van der Waals surface area contributed by atoms with Gasteiger partial charge >= 0.3 is 0 Å². The van der Waals surface area contributed by atoms with Crippen molar-refractivity contribution in [2.75, 3.05) is 13.1 Å². The molecule has 1 atom stereocenters. The van der Waals surface area contributed by atoms with Crippen LogP contribution in [-0.4, -0.2) is 19.1 Å². The first kappa shape index (κ1) is 13.4. The van der Waals surface area contributed by atoms with E-state index in [4.69, 9.17) is 5.73 Å². The third-order valence-corrected chi connectivity index (χ3v) is 4.24. The van der Waals surface area contributed by atoms with Crippen molar-refractivity contribution >= 4 is 0 Å². The fourth-order valence-electron chi connectivity index (χ4n) is 3.05. The second kappa shape index (κ2) is 5.27. The van der Waals surface area contributed by atoms with Gasteiger partial charge in [0.25, 0.3) is 0 Å². The predicted octanol–water partition coefficient (Wildman–Crippen LogP) is 2.78. The maximum atomic E-state index is 5.89. The maximum Gasteiger partial charge on any atom is 0.0195 e. The zero-order chi connectivity index (χ0) is 12.5. The van der Waals surface area contributed by atoms with Crippen molar-refractivity contribution in [3.05, 3.63) is 0 Å². The van der Waals surface area contributed by atoms with Gasteiger partial charge in [-0.25, -0.2) is 0 Å². The minimum Gasteiger partial charge on any atom is -0.329 e. The second-order valence-electron chi connectivity index (χ2n) is 7.44. The zero-order valence-corrected chi connectivity index (χ0v) is 11.8. The lowest BCUT2D eigenvalue weighted by atomic mass is 9.87. The van der Waals surface area contributed by atoms with Crippen LogP contribution in [0, 0.1) is 23.2 Å². The van der Waals surface area contributed by atoms with E-state index in [0.717, 1.165) is 24.3 Å². The largest absolute Gasteiger partial charge is 0.329 e. The Balaban J connectivity index is 1.74. The Morgan fingerprint density at radius 3 is 2.00 bits per heavy atom. The summed E-state index contributed by atoms with van der Waals surface area (Å²) in [6.07, 6.45) is 7.11. The monoisotopic (exact) mass is 238 g/mol. The maximum absolute atomic E-state index is 5.89. The quantitative estimate of drug-likeness (QED) is 0.716. The van der Waals surface area contributed by atoms with Gasteiger partial charge in [-0.3, -0.25) is 0 Å². The third kappa shape index (κ3) is 4.59. The van der Waals surface area contributed by atoms with E-state index in [-0.39, 0.29) is 0 Å². The lowest BCUT2D eigenvalue weighted by molar-refractivity contribution is 0.285. The molecule has 0 aliphatic heterocycles. The minimum atomic E-state index is 0.381. The van der Waals surface area contributed by atoms with E-state index in [9.17, 15) is 0 Å². The molecular formula is C15H30N2. The van der Waals surface area contributed by atoms with Crippen LogP contribution in [0.15, 0.2) is 0 Å². The van der Waals surface area contributed by atoms with Crippen LogP contribution in [0.2, 0.25) is 0 Å². The van der Waals surface area contributed by atoms with E-state index in [1.807, 2.05) is 0 Å². The van der Waals surface area contributed by atoms with E-state index in [0.29, 0.717) is 11.5 Å². The van der Waals surface area contributed by atoms with Crippen molar-refractivity contribution < 1.29 is 0 Å². The molecule has 0 aromatic heterocycles. The Bertz CT molecular complexity index is 224. The van der Waals surface area contributed by atoms with Gasteiger partial charge in [0.1, 0.15) is 0 Å². The second-order valence-corrected chi connectivity index (χ2v) is 7.44. The van der Waals surface area contributed by atoms with Crippen LogP contribution in [0.5, 0.6) is 0 Å². The molecule has 0 aromatic carbocycles. The van der Waals surface area contributed by atoms with Gasteiger partial charge in [0.05, 0.1) is 0 Å². The van der Waals surface area contributed by atoms with Crippen LogP contribution < -0.4 is 11.1 Å². The molecule has 0 amide bonds. The standard InChI is InChI=1S/C15H30N2/c1-15(2,3)8-13(9-16)17-10-14(11-4-5-11)12-6-7-12/h11-14,17H,4-10,16H2,1-3H3. The molecule has 0 radical (unpaired) electrons. The van der Waals surface area contributed by atoms with Crippen molar-refractivity contribution in [2.24, 2.45) is 28.9 Å². The first-order valence-corrected chi connectivity index (χ1v) is 7.43. The SMILES string of the molecule is CC(C)(C)CC(CN)NCC(C1CC1)C1CC1. The molecule has 0 saturated heterocycles. The van der Waals surface area contributed by atoms with E-state index < -0.39 is 0 Å². The average Bonchev–Trinajstić information content (AvgIpc) is 3.08. The summed E-state index contributed by atoms with van der Waals surface area (Å²) in [4.78, 5) is 0.